The van der Waals surface area contributed by atoms with Crippen LogP contribution in [0.15, 0.2) is 55.1 Å². The van der Waals surface area contributed by atoms with Gasteiger partial charge in [-0.05, 0) is 42.3 Å². The van der Waals surface area contributed by atoms with Crippen LogP contribution in [-0.2, 0) is 0 Å². The van der Waals surface area contributed by atoms with Crippen molar-refractivity contribution in [3.63, 3.8) is 0 Å². The fraction of sp³-hybridized carbons (Fsp3) is 0.167. The van der Waals surface area contributed by atoms with Gasteiger partial charge in [0.05, 0.1) is 23.0 Å². The molecule has 3 heterocycles. The molecule has 0 aliphatic rings. The molecule has 0 unspecified atom stereocenters. The highest BCUT2D eigenvalue weighted by Crippen LogP contribution is 2.22. The van der Waals surface area contributed by atoms with Gasteiger partial charge in [-0.2, -0.15) is 0 Å². The molecule has 0 aromatic carbocycles. The third kappa shape index (κ3) is 3.95. The Kier molecular flexibility index (Phi) is 4.94. The number of nitrogens with zero attached hydrogens (tertiary/aromatic N) is 4. The molecule has 7 nitrogen and oxygen atoms in total. The van der Waals surface area contributed by atoms with Gasteiger partial charge < -0.3 is 10.4 Å². The molecule has 0 bridgehead atoms. The zero-order chi connectivity index (χ0) is 17.6. The molecule has 0 aliphatic carbocycles. The van der Waals surface area contributed by atoms with Crippen molar-refractivity contribution < 1.29 is 9.90 Å². The molecule has 126 valence electrons. The Morgan fingerprint density at radius 2 is 1.84 bits per heavy atom. The van der Waals surface area contributed by atoms with Gasteiger partial charge in [-0.1, -0.05) is 6.92 Å². The van der Waals surface area contributed by atoms with Crippen molar-refractivity contribution >= 4 is 11.9 Å². The van der Waals surface area contributed by atoms with Gasteiger partial charge in [0.1, 0.15) is 0 Å². The van der Waals surface area contributed by atoms with E-state index in [4.69, 9.17) is 5.11 Å². The lowest BCUT2D eigenvalue weighted by molar-refractivity contribution is 0.0697. The van der Waals surface area contributed by atoms with Gasteiger partial charge in [-0.15, -0.1) is 0 Å². The maximum Gasteiger partial charge on any atom is 0.335 e. The van der Waals surface area contributed by atoms with E-state index in [1.165, 1.54) is 18.3 Å². The van der Waals surface area contributed by atoms with E-state index in [9.17, 15) is 4.79 Å². The number of hydrogen-bond acceptors (Lipinski definition) is 6. The van der Waals surface area contributed by atoms with Gasteiger partial charge in [0.2, 0.25) is 5.95 Å². The largest absolute Gasteiger partial charge is 0.478 e. The minimum absolute atomic E-state index is 0.0524. The first-order valence-corrected chi connectivity index (χ1v) is 7.86. The van der Waals surface area contributed by atoms with E-state index in [-0.39, 0.29) is 11.6 Å². The van der Waals surface area contributed by atoms with E-state index in [1.54, 1.807) is 24.7 Å². The number of rotatable bonds is 6. The molecule has 0 fully saturated rings. The Labute approximate surface area is 144 Å². The predicted molar refractivity (Wildman–Crippen MR) is 93.1 cm³/mol. The summed E-state index contributed by atoms with van der Waals surface area (Å²) in [6.45, 7) is 2.07. The molecule has 3 aromatic heterocycles. The second-order valence-electron chi connectivity index (χ2n) is 5.39. The van der Waals surface area contributed by atoms with Crippen LogP contribution >= 0.6 is 0 Å². The highest BCUT2D eigenvalue weighted by molar-refractivity contribution is 5.88. The number of pyridine rings is 2. The number of carboxylic acid groups (broad SMARTS) is 1. The topological polar surface area (TPSA) is 101 Å². The standard InChI is InChI=1S/C18H17N5O2/c1-2-14(12-3-7-19-8-4-12)22-18-21-10-6-15(23-18)16-11-13(17(24)25)5-9-20-16/h3-11,14H,2H2,1H3,(H,24,25)(H,21,22,23)/t14-/m0/s1. The van der Waals surface area contributed by atoms with E-state index in [2.05, 4.69) is 32.2 Å². The van der Waals surface area contributed by atoms with E-state index in [0.29, 0.717) is 17.3 Å². The SMILES string of the molecule is CC[C@H](Nc1nccc(-c2cc(C(=O)O)ccn2)n1)c1ccncc1. The lowest BCUT2D eigenvalue weighted by Crippen LogP contribution is -2.12. The summed E-state index contributed by atoms with van der Waals surface area (Å²) >= 11 is 0. The van der Waals surface area contributed by atoms with Crippen LogP contribution in [-0.4, -0.2) is 31.0 Å². The average Bonchev–Trinajstić information content (AvgIpc) is 2.67. The van der Waals surface area contributed by atoms with E-state index in [1.807, 2.05) is 12.1 Å². The molecule has 25 heavy (non-hydrogen) atoms. The molecule has 0 aliphatic heterocycles. The zero-order valence-corrected chi connectivity index (χ0v) is 13.6. The summed E-state index contributed by atoms with van der Waals surface area (Å²) in [5.74, 6) is -0.538. The number of carboxylic acids is 1. The molecule has 0 amide bonds. The number of hydrogen-bond donors (Lipinski definition) is 2. The normalized spacial score (nSPS) is 11.7. The van der Waals surface area contributed by atoms with Crippen molar-refractivity contribution in [2.24, 2.45) is 0 Å². The lowest BCUT2D eigenvalue weighted by Gasteiger charge is -2.17. The fourth-order valence-electron chi connectivity index (χ4n) is 2.45. The van der Waals surface area contributed by atoms with Crippen molar-refractivity contribution in [1.29, 1.82) is 0 Å². The Morgan fingerprint density at radius 1 is 1.08 bits per heavy atom. The second-order valence-corrected chi connectivity index (χ2v) is 5.39. The Hall–Kier alpha value is -3.35. The average molecular weight is 335 g/mol. The highest BCUT2D eigenvalue weighted by atomic mass is 16.4. The maximum atomic E-state index is 11.1. The van der Waals surface area contributed by atoms with Crippen LogP contribution in [0, 0.1) is 0 Å². The third-order valence-corrected chi connectivity index (χ3v) is 3.74. The molecule has 0 spiro atoms. The summed E-state index contributed by atoms with van der Waals surface area (Å²) in [6, 6.07) is 8.59. The summed E-state index contributed by atoms with van der Waals surface area (Å²) in [7, 11) is 0. The van der Waals surface area contributed by atoms with Crippen LogP contribution in [0.3, 0.4) is 0 Å². The molecule has 0 saturated heterocycles. The monoisotopic (exact) mass is 335 g/mol. The Morgan fingerprint density at radius 3 is 2.56 bits per heavy atom. The van der Waals surface area contributed by atoms with Crippen LogP contribution in [0.2, 0.25) is 0 Å². The van der Waals surface area contributed by atoms with Gasteiger partial charge in [0.15, 0.2) is 0 Å². The van der Waals surface area contributed by atoms with Crippen LogP contribution in [0.25, 0.3) is 11.4 Å². The quantitative estimate of drug-likeness (QED) is 0.713. The number of anilines is 1. The number of nitrogens with one attached hydrogen (secondary N) is 1. The first-order chi connectivity index (χ1) is 12.2. The van der Waals surface area contributed by atoms with Crippen LogP contribution in [0.5, 0.6) is 0 Å². The molecule has 3 aromatic rings. The van der Waals surface area contributed by atoms with Crippen molar-refractivity contribution in [2.75, 3.05) is 5.32 Å². The third-order valence-electron chi connectivity index (χ3n) is 3.74. The van der Waals surface area contributed by atoms with Gasteiger partial charge in [0.25, 0.3) is 0 Å². The van der Waals surface area contributed by atoms with Crippen LogP contribution in [0.1, 0.15) is 35.3 Å². The Bertz CT molecular complexity index is 870. The smallest absolute Gasteiger partial charge is 0.335 e. The summed E-state index contributed by atoms with van der Waals surface area (Å²) in [6.07, 6.45) is 7.43. The highest BCUT2D eigenvalue weighted by Gasteiger charge is 2.12. The van der Waals surface area contributed by atoms with Gasteiger partial charge in [-0.25, -0.2) is 14.8 Å². The van der Waals surface area contributed by atoms with E-state index < -0.39 is 5.97 Å². The number of aromatic nitrogens is 4. The van der Waals surface area contributed by atoms with Crippen molar-refractivity contribution in [2.45, 2.75) is 19.4 Å². The van der Waals surface area contributed by atoms with Crippen LogP contribution in [0.4, 0.5) is 5.95 Å². The summed E-state index contributed by atoms with van der Waals surface area (Å²) < 4.78 is 0. The van der Waals surface area contributed by atoms with Crippen LogP contribution < -0.4 is 5.32 Å². The van der Waals surface area contributed by atoms with Crippen molar-refractivity contribution in [1.82, 2.24) is 19.9 Å². The zero-order valence-electron chi connectivity index (χ0n) is 13.6. The molecular weight excluding hydrogens is 318 g/mol. The minimum atomic E-state index is -1.00. The number of aromatic carboxylic acids is 1. The van der Waals surface area contributed by atoms with Gasteiger partial charge in [0, 0.05) is 24.8 Å². The first kappa shape index (κ1) is 16.5. The lowest BCUT2D eigenvalue weighted by atomic mass is 10.1. The minimum Gasteiger partial charge on any atom is -0.478 e. The summed E-state index contributed by atoms with van der Waals surface area (Å²) in [5, 5.41) is 12.4. The molecule has 0 radical (unpaired) electrons. The maximum absolute atomic E-state index is 11.1. The molecule has 3 rings (SSSR count). The molecular formula is C18H17N5O2. The number of carbonyl (C=O) groups is 1. The second kappa shape index (κ2) is 7.48. The fourth-order valence-corrected chi connectivity index (χ4v) is 2.45. The Balaban J connectivity index is 1.86. The van der Waals surface area contributed by atoms with Crippen molar-refractivity contribution in [3.8, 4) is 11.4 Å². The van der Waals surface area contributed by atoms with E-state index in [0.717, 1.165) is 12.0 Å². The molecule has 0 saturated carbocycles. The molecule has 2 N–H and O–H groups in total. The van der Waals surface area contributed by atoms with Gasteiger partial charge in [-0.3, -0.25) is 9.97 Å². The predicted octanol–water partition coefficient (Wildman–Crippen LogP) is 3.20. The first-order valence-electron chi connectivity index (χ1n) is 7.86. The molecule has 1 atom stereocenters. The van der Waals surface area contributed by atoms with Crippen molar-refractivity contribution in [3.05, 3.63) is 66.2 Å². The van der Waals surface area contributed by atoms with Gasteiger partial charge >= 0.3 is 5.97 Å². The summed E-state index contributed by atoms with van der Waals surface area (Å²) in [4.78, 5) is 28.1. The summed E-state index contributed by atoms with van der Waals surface area (Å²) in [5.41, 5.74) is 2.31. The molecule has 7 heteroatoms. The van der Waals surface area contributed by atoms with E-state index >= 15 is 0 Å².